The van der Waals surface area contributed by atoms with Crippen LogP contribution in [0, 0.1) is 0 Å². The van der Waals surface area contributed by atoms with Crippen molar-refractivity contribution < 1.29 is 24.3 Å². The van der Waals surface area contributed by atoms with Crippen molar-refractivity contribution in [1.82, 2.24) is 16.0 Å². The third-order valence-electron chi connectivity index (χ3n) is 3.54. The summed E-state index contributed by atoms with van der Waals surface area (Å²) in [6.45, 7) is 3.32. The normalized spacial score (nSPS) is 15.3. The van der Waals surface area contributed by atoms with Crippen molar-refractivity contribution in [2.24, 2.45) is 11.5 Å². The summed E-state index contributed by atoms with van der Waals surface area (Å²) in [4.78, 5) is 47.1. The van der Waals surface area contributed by atoms with Crippen molar-refractivity contribution in [2.45, 2.75) is 57.3 Å². The highest BCUT2D eigenvalue weighted by molar-refractivity contribution is 7.80. The molecule has 0 fully saturated rings. The van der Waals surface area contributed by atoms with E-state index in [0.29, 0.717) is 19.4 Å². The van der Waals surface area contributed by atoms with Crippen LogP contribution in [0.5, 0.6) is 0 Å². The van der Waals surface area contributed by atoms with Crippen LogP contribution in [-0.4, -0.2) is 65.3 Å². The van der Waals surface area contributed by atoms with Gasteiger partial charge in [0.15, 0.2) is 0 Å². The Hall–Kier alpha value is -1.85. The summed E-state index contributed by atoms with van der Waals surface area (Å²) in [5.74, 6) is -2.94. The molecule has 10 nitrogen and oxygen atoms in total. The van der Waals surface area contributed by atoms with Crippen molar-refractivity contribution in [3.63, 3.8) is 0 Å². The maximum absolute atomic E-state index is 12.2. The van der Waals surface area contributed by atoms with E-state index in [1.807, 2.05) is 0 Å². The van der Waals surface area contributed by atoms with Crippen LogP contribution < -0.4 is 27.4 Å². The molecule has 3 amide bonds. The number of hydrogen-bond acceptors (Lipinski definition) is 7. The predicted molar refractivity (Wildman–Crippen MR) is 99.5 cm³/mol. The molecular formula is C15H29N5O5S. The zero-order valence-corrected chi connectivity index (χ0v) is 15.9. The molecule has 0 aromatic carbocycles. The van der Waals surface area contributed by atoms with Crippen molar-refractivity contribution >= 4 is 36.3 Å². The molecule has 4 unspecified atom stereocenters. The highest BCUT2D eigenvalue weighted by atomic mass is 32.1. The van der Waals surface area contributed by atoms with E-state index in [4.69, 9.17) is 16.6 Å². The number of rotatable bonds is 12. The molecule has 11 heteroatoms. The van der Waals surface area contributed by atoms with Crippen LogP contribution in [0.2, 0.25) is 0 Å². The Kier molecular flexibility index (Phi) is 11.6. The van der Waals surface area contributed by atoms with Gasteiger partial charge in [0.05, 0.1) is 6.04 Å². The second kappa shape index (κ2) is 12.5. The zero-order chi connectivity index (χ0) is 20.3. The van der Waals surface area contributed by atoms with E-state index < -0.39 is 47.9 Å². The van der Waals surface area contributed by atoms with Gasteiger partial charge in [-0.15, -0.1) is 0 Å². The van der Waals surface area contributed by atoms with E-state index in [-0.39, 0.29) is 12.2 Å². The Morgan fingerprint density at radius 3 is 2.00 bits per heavy atom. The van der Waals surface area contributed by atoms with Gasteiger partial charge in [-0.05, 0) is 39.7 Å². The lowest BCUT2D eigenvalue weighted by atomic mass is 10.1. The standard InChI is InChI=1S/C15H29N5O5S/c1-8(17)12(21)20-11(7-26)14(23)18-9(2)13(22)19-10(15(24)25)5-3-4-6-16/h8-11,26H,3-7,16-17H2,1-2H3,(H,18,23)(H,19,22)(H,20,21)(H,24,25). The Morgan fingerprint density at radius 2 is 1.54 bits per heavy atom. The number of carboxylic acids is 1. The highest BCUT2D eigenvalue weighted by Gasteiger charge is 2.26. The molecule has 0 aliphatic heterocycles. The summed E-state index contributed by atoms with van der Waals surface area (Å²) >= 11 is 4.00. The molecule has 0 bridgehead atoms. The maximum atomic E-state index is 12.2. The number of aliphatic carboxylic acids is 1. The lowest BCUT2D eigenvalue weighted by Gasteiger charge is -2.22. The highest BCUT2D eigenvalue weighted by Crippen LogP contribution is 2.02. The number of amides is 3. The Labute approximate surface area is 158 Å². The number of thiol groups is 1. The summed E-state index contributed by atoms with van der Waals surface area (Å²) in [7, 11) is 0. The molecule has 0 radical (unpaired) electrons. The average Bonchev–Trinajstić information content (AvgIpc) is 2.57. The molecular weight excluding hydrogens is 362 g/mol. The average molecular weight is 391 g/mol. The summed E-state index contributed by atoms with van der Waals surface area (Å²) in [6.07, 6.45) is 1.44. The Bertz CT molecular complexity index is 503. The molecule has 0 saturated carbocycles. The predicted octanol–water partition coefficient (Wildman–Crippen LogP) is -2.05. The first-order valence-corrected chi connectivity index (χ1v) is 8.97. The number of hydrogen-bond donors (Lipinski definition) is 7. The van der Waals surface area contributed by atoms with Gasteiger partial charge in [0.25, 0.3) is 0 Å². The molecule has 0 aromatic heterocycles. The van der Waals surface area contributed by atoms with E-state index in [9.17, 15) is 19.2 Å². The van der Waals surface area contributed by atoms with Crippen LogP contribution >= 0.6 is 12.6 Å². The van der Waals surface area contributed by atoms with Gasteiger partial charge in [0, 0.05) is 5.75 Å². The molecule has 0 rings (SSSR count). The summed E-state index contributed by atoms with van der Waals surface area (Å²) in [5.41, 5.74) is 10.8. The van der Waals surface area contributed by atoms with Crippen molar-refractivity contribution in [2.75, 3.05) is 12.3 Å². The van der Waals surface area contributed by atoms with E-state index in [1.54, 1.807) is 0 Å². The molecule has 0 spiro atoms. The minimum absolute atomic E-state index is 0.00940. The first-order valence-electron chi connectivity index (χ1n) is 8.34. The fourth-order valence-corrected chi connectivity index (χ4v) is 2.18. The molecule has 26 heavy (non-hydrogen) atoms. The van der Waals surface area contributed by atoms with Crippen LogP contribution in [0.1, 0.15) is 33.1 Å². The van der Waals surface area contributed by atoms with Gasteiger partial charge in [0.2, 0.25) is 17.7 Å². The Morgan fingerprint density at radius 1 is 0.962 bits per heavy atom. The molecule has 150 valence electrons. The zero-order valence-electron chi connectivity index (χ0n) is 15.0. The van der Waals surface area contributed by atoms with Gasteiger partial charge in [-0.1, -0.05) is 0 Å². The Balaban J connectivity index is 4.67. The molecule has 0 aliphatic rings. The maximum Gasteiger partial charge on any atom is 0.326 e. The summed E-state index contributed by atoms with van der Waals surface area (Å²) in [5, 5.41) is 16.4. The number of unbranched alkanes of at least 4 members (excludes halogenated alkanes) is 1. The minimum atomic E-state index is -1.16. The number of carboxylic acid groups (broad SMARTS) is 1. The van der Waals surface area contributed by atoms with Gasteiger partial charge < -0.3 is 32.5 Å². The minimum Gasteiger partial charge on any atom is -0.480 e. The molecule has 0 heterocycles. The van der Waals surface area contributed by atoms with Crippen molar-refractivity contribution in [3.8, 4) is 0 Å². The number of nitrogens with two attached hydrogens (primary N) is 2. The van der Waals surface area contributed by atoms with E-state index in [2.05, 4.69) is 28.6 Å². The van der Waals surface area contributed by atoms with Crippen LogP contribution in [0.15, 0.2) is 0 Å². The van der Waals surface area contributed by atoms with Crippen LogP contribution in [0.3, 0.4) is 0 Å². The second-order valence-corrected chi connectivity index (χ2v) is 6.31. The van der Waals surface area contributed by atoms with E-state index >= 15 is 0 Å². The SMILES string of the molecule is CC(N)C(=O)NC(CS)C(=O)NC(C)C(=O)NC(CCCCN)C(=O)O. The van der Waals surface area contributed by atoms with Crippen molar-refractivity contribution in [3.05, 3.63) is 0 Å². The number of nitrogens with one attached hydrogen (secondary N) is 3. The van der Waals surface area contributed by atoms with Crippen LogP contribution in [0.4, 0.5) is 0 Å². The second-order valence-electron chi connectivity index (χ2n) is 5.95. The van der Waals surface area contributed by atoms with E-state index in [1.165, 1.54) is 13.8 Å². The third-order valence-corrected chi connectivity index (χ3v) is 3.91. The topological polar surface area (TPSA) is 177 Å². The molecule has 8 N–H and O–H groups in total. The summed E-state index contributed by atoms with van der Waals surface area (Å²) < 4.78 is 0. The monoisotopic (exact) mass is 391 g/mol. The van der Waals surface area contributed by atoms with Gasteiger partial charge >= 0.3 is 5.97 Å². The van der Waals surface area contributed by atoms with Crippen LogP contribution in [-0.2, 0) is 19.2 Å². The fourth-order valence-electron chi connectivity index (χ4n) is 1.92. The number of carbonyl (C=O) groups excluding carboxylic acids is 3. The molecule has 4 atom stereocenters. The van der Waals surface area contributed by atoms with E-state index in [0.717, 1.165) is 0 Å². The van der Waals surface area contributed by atoms with Gasteiger partial charge in [0.1, 0.15) is 18.1 Å². The largest absolute Gasteiger partial charge is 0.480 e. The molecule has 0 aliphatic carbocycles. The molecule has 0 aromatic rings. The van der Waals surface area contributed by atoms with Gasteiger partial charge in [-0.3, -0.25) is 14.4 Å². The number of carbonyl (C=O) groups is 4. The lowest BCUT2D eigenvalue weighted by molar-refractivity contribution is -0.142. The first kappa shape index (κ1) is 24.1. The summed E-state index contributed by atoms with van der Waals surface area (Å²) in [6, 6.07) is -3.82. The lowest BCUT2D eigenvalue weighted by Crippen LogP contribution is -2.56. The smallest absolute Gasteiger partial charge is 0.326 e. The van der Waals surface area contributed by atoms with Gasteiger partial charge in [-0.2, -0.15) is 12.6 Å². The van der Waals surface area contributed by atoms with Crippen LogP contribution in [0.25, 0.3) is 0 Å². The molecule has 0 saturated heterocycles. The third kappa shape index (κ3) is 9.02. The quantitative estimate of drug-likeness (QED) is 0.148. The van der Waals surface area contributed by atoms with Crippen molar-refractivity contribution in [1.29, 1.82) is 0 Å². The van der Waals surface area contributed by atoms with Gasteiger partial charge in [-0.25, -0.2) is 4.79 Å². The fraction of sp³-hybridized carbons (Fsp3) is 0.733. The first-order chi connectivity index (χ1) is 12.1.